The van der Waals surface area contributed by atoms with Gasteiger partial charge in [0.05, 0.1) is 13.7 Å². The number of hydrogen-bond donors (Lipinski definition) is 3. The van der Waals surface area contributed by atoms with E-state index >= 15 is 0 Å². The van der Waals surface area contributed by atoms with E-state index in [2.05, 4.69) is 16.0 Å². The molecule has 2 aromatic rings. The Morgan fingerprint density at radius 1 is 1.04 bits per heavy atom. The number of anilines is 2. The summed E-state index contributed by atoms with van der Waals surface area (Å²) in [6.07, 6.45) is 0.848. The molecule has 2 aromatic carbocycles. The van der Waals surface area contributed by atoms with Crippen molar-refractivity contribution in [3.63, 3.8) is 0 Å². The van der Waals surface area contributed by atoms with Crippen LogP contribution in [0.5, 0.6) is 5.75 Å². The molecule has 0 aliphatic carbocycles. The molecular weight excluding hydrogens is 342 g/mol. The number of rotatable bonds is 8. The van der Waals surface area contributed by atoms with Gasteiger partial charge in [0.1, 0.15) is 5.75 Å². The van der Waals surface area contributed by atoms with Gasteiger partial charge < -0.3 is 20.7 Å². The maximum absolute atomic E-state index is 12.2. The van der Waals surface area contributed by atoms with Gasteiger partial charge >= 0.3 is 0 Å². The molecule has 6 nitrogen and oxygen atoms in total. The maximum Gasteiger partial charge on any atom is 0.251 e. The van der Waals surface area contributed by atoms with E-state index in [9.17, 15) is 9.59 Å². The predicted molar refractivity (Wildman–Crippen MR) is 108 cm³/mol. The summed E-state index contributed by atoms with van der Waals surface area (Å²) in [4.78, 5) is 24.3. The Bertz CT molecular complexity index is 786. The fourth-order valence-corrected chi connectivity index (χ4v) is 2.30. The minimum Gasteiger partial charge on any atom is -0.497 e. The average Bonchev–Trinajstić information content (AvgIpc) is 2.66. The van der Waals surface area contributed by atoms with Crippen molar-refractivity contribution in [2.24, 2.45) is 0 Å². The molecule has 0 saturated carbocycles. The predicted octanol–water partition coefficient (Wildman–Crippen LogP) is 3.66. The number of carbonyl (C=O) groups excluding carboxylic acids is 2. The molecular formula is C21H27N3O3. The van der Waals surface area contributed by atoms with Crippen LogP contribution in [-0.4, -0.2) is 31.0 Å². The van der Waals surface area contributed by atoms with Crippen molar-refractivity contribution in [2.75, 3.05) is 24.3 Å². The van der Waals surface area contributed by atoms with E-state index < -0.39 is 0 Å². The summed E-state index contributed by atoms with van der Waals surface area (Å²) in [5.41, 5.74) is 1.78. The van der Waals surface area contributed by atoms with Gasteiger partial charge in [0, 0.05) is 28.5 Å². The van der Waals surface area contributed by atoms with Crippen molar-refractivity contribution >= 4 is 23.2 Å². The van der Waals surface area contributed by atoms with Crippen LogP contribution in [0.25, 0.3) is 0 Å². The SMILES string of the molecule is CCC(C)(C)NC(=O)c1ccc(NCC(=O)Nc2cccc(OC)c2)cc1. The quantitative estimate of drug-likeness (QED) is 0.663. The molecule has 6 heteroatoms. The third-order valence-corrected chi connectivity index (χ3v) is 4.29. The monoisotopic (exact) mass is 369 g/mol. The van der Waals surface area contributed by atoms with Crippen LogP contribution in [0, 0.1) is 0 Å². The Balaban J connectivity index is 1.87. The van der Waals surface area contributed by atoms with Gasteiger partial charge in [0.2, 0.25) is 5.91 Å². The summed E-state index contributed by atoms with van der Waals surface area (Å²) in [6.45, 7) is 6.12. The Morgan fingerprint density at radius 2 is 1.74 bits per heavy atom. The van der Waals surface area contributed by atoms with Crippen molar-refractivity contribution < 1.29 is 14.3 Å². The van der Waals surface area contributed by atoms with Gasteiger partial charge in [0.15, 0.2) is 0 Å². The van der Waals surface area contributed by atoms with Crippen LogP contribution in [0.4, 0.5) is 11.4 Å². The second-order valence-electron chi connectivity index (χ2n) is 6.90. The highest BCUT2D eigenvalue weighted by Gasteiger charge is 2.18. The van der Waals surface area contributed by atoms with Crippen molar-refractivity contribution in [1.82, 2.24) is 5.32 Å². The smallest absolute Gasteiger partial charge is 0.251 e. The zero-order valence-corrected chi connectivity index (χ0v) is 16.3. The molecule has 0 unspecified atom stereocenters. The lowest BCUT2D eigenvalue weighted by molar-refractivity contribution is -0.114. The molecule has 27 heavy (non-hydrogen) atoms. The van der Waals surface area contributed by atoms with Gasteiger partial charge in [0.25, 0.3) is 5.91 Å². The van der Waals surface area contributed by atoms with Crippen LogP contribution >= 0.6 is 0 Å². The normalized spacial score (nSPS) is 10.8. The zero-order valence-electron chi connectivity index (χ0n) is 16.3. The first-order chi connectivity index (χ1) is 12.8. The molecule has 0 aliphatic heterocycles. The van der Waals surface area contributed by atoms with Gasteiger partial charge in [-0.15, -0.1) is 0 Å². The van der Waals surface area contributed by atoms with Crippen LogP contribution in [0.2, 0.25) is 0 Å². The topological polar surface area (TPSA) is 79.5 Å². The molecule has 0 aromatic heterocycles. The van der Waals surface area contributed by atoms with Gasteiger partial charge in [-0.3, -0.25) is 9.59 Å². The fraction of sp³-hybridized carbons (Fsp3) is 0.333. The molecule has 0 aliphatic rings. The van der Waals surface area contributed by atoms with E-state index in [-0.39, 0.29) is 23.9 Å². The molecule has 0 heterocycles. The molecule has 3 N–H and O–H groups in total. The van der Waals surface area contributed by atoms with Crippen molar-refractivity contribution in [3.8, 4) is 5.75 Å². The van der Waals surface area contributed by atoms with Gasteiger partial charge in [-0.1, -0.05) is 13.0 Å². The Kier molecular flexibility index (Phi) is 6.82. The summed E-state index contributed by atoms with van der Waals surface area (Å²) >= 11 is 0. The number of ether oxygens (including phenoxy) is 1. The summed E-state index contributed by atoms with van der Waals surface area (Å²) in [6, 6.07) is 14.2. The van der Waals surface area contributed by atoms with E-state index in [4.69, 9.17) is 4.74 Å². The Hall–Kier alpha value is -3.02. The number of carbonyl (C=O) groups is 2. The first-order valence-corrected chi connectivity index (χ1v) is 8.93. The summed E-state index contributed by atoms with van der Waals surface area (Å²) < 4.78 is 5.13. The highest BCUT2D eigenvalue weighted by molar-refractivity contribution is 5.95. The Morgan fingerprint density at radius 3 is 2.37 bits per heavy atom. The fourth-order valence-electron chi connectivity index (χ4n) is 2.30. The number of amides is 2. The second kappa shape index (κ2) is 9.07. The van der Waals surface area contributed by atoms with Crippen LogP contribution in [0.1, 0.15) is 37.6 Å². The molecule has 144 valence electrons. The molecule has 0 saturated heterocycles. The van der Waals surface area contributed by atoms with Gasteiger partial charge in [-0.25, -0.2) is 0 Å². The molecule has 0 spiro atoms. The highest BCUT2D eigenvalue weighted by atomic mass is 16.5. The van der Waals surface area contributed by atoms with Gasteiger partial charge in [-0.05, 0) is 56.7 Å². The maximum atomic E-state index is 12.2. The van der Waals surface area contributed by atoms with Crippen LogP contribution in [0.15, 0.2) is 48.5 Å². The van der Waals surface area contributed by atoms with Crippen molar-refractivity contribution in [2.45, 2.75) is 32.7 Å². The van der Waals surface area contributed by atoms with Crippen LogP contribution in [-0.2, 0) is 4.79 Å². The molecule has 0 bridgehead atoms. The van der Waals surface area contributed by atoms with E-state index in [0.717, 1.165) is 12.1 Å². The third-order valence-electron chi connectivity index (χ3n) is 4.29. The molecule has 2 amide bonds. The number of methoxy groups -OCH3 is 1. The first-order valence-electron chi connectivity index (χ1n) is 8.93. The minimum atomic E-state index is -0.244. The average molecular weight is 369 g/mol. The minimum absolute atomic E-state index is 0.107. The summed E-state index contributed by atoms with van der Waals surface area (Å²) in [5, 5.41) is 8.84. The Labute approximate surface area is 160 Å². The number of hydrogen-bond acceptors (Lipinski definition) is 4. The highest BCUT2D eigenvalue weighted by Crippen LogP contribution is 2.17. The number of nitrogens with one attached hydrogen (secondary N) is 3. The molecule has 0 atom stereocenters. The second-order valence-corrected chi connectivity index (χ2v) is 6.90. The van der Waals surface area contributed by atoms with E-state index in [1.165, 1.54) is 0 Å². The molecule has 0 fully saturated rings. The lowest BCUT2D eigenvalue weighted by Crippen LogP contribution is -2.42. The van der Waals surface area contributed by atoms with Gasteiger partial charge in [-0.2, -0.15) is 0 Å². The van der Waals surface area contributed by atoms with E-state index in [0.29, 0.717) is 17.0 Å². The lowest BCUT2D eigenvalue weighted by atomic mass is 10.0. The third kappa shape index (κ3) is 6.33. The number of benzene rings is 2. The summed E-state index contributed by atoms with van der Waals surface area (Å²) in [5.74, 6) is 0.403. The van der Waals surface area contributed by atoms with Crippen LogP contribution < -0.4 is 20.7 Å². The van der Waals surface area contributed by atoms with E-state index in [1.54, 1.807) is 43.5 Å². The standard InChI is InChI=1S/C21H27N3O3/c1-5-21(2,3)24-20(26)15-9-11-16(12-10-15)22-14-19(25)23-17-7-6-8-18(13-17)27-4/h6-13,22H,5,14H2,1-4H3,(H,23,25)(H,24,26). The largest absolute Gasteiger partial charge is 0.497 e. The van der Waals surface area contributed by atoms with Crippen molar-refractivity contribution in [3.05, 3.63) is 54.1 Å². The zero-order chi connectivity index (χ0) is 19.9. The lowest BCUT2D eigenvalue weighted by Gasteiger charge is -2.24. The van der Waals surface area contributed by atoms with Crippen LogP contribution in [0.3, 0.4) is 0 Å². The first kappa shape index (κ1) is 20.3. The van der Waals surface area contributed by atoms with E-state index in [1.807, 2.05) is 32.9 Å². The summed E-state index contributed by atoms with van der Waals surface area (Å²) in [7, 11) is 1.58. The molecule has 0 radical (unpaired) electrons. The molecule has 2 rings (SSSR count). The van der Waals surface area contributed by atoms with Crippen molar-refractivity contribution in [1.29, 1.82) is 0 Å².